The Morgan fingerprint density at radius 2 is 2.05 bits per heavy atom. The smallest absolute Gasteiger partial charge is 0.388 e. The summed E-state index contributed by atoms with van der Waals surface area (Å²) in [5.41, 5.74) is 3.91. The predicted molar refractivity (Wildman–Crippen MR) is 67.5 cm³/mol. The summed E-state index contributed by atoms with van der Waals surface area (Å²) in [7, 11) is 0. The minimum atomic E-state index is -1.27. The van der Waals surface area contributed by atoms with Crippen LogP contribution in [0.5, 0.6) is 5.88 Å². The third-order valence-electron chi connectivity index (χ3n) is 3.47. The number of carbonyl (C=O) groups is 1. The highest BCUT2D eigenvalue weighted by atomic mass is 19.1. The van der Waals surface area contributed by atoms with Crippen LogP contribution >= 0.6 is 0 Å². The van der Waals surface area contributed by atoms with Crippen LogP contribution in [0.15, 0.2) is 11.0 Å². The highest BCUT2D eigenvalue weighted by Gasteiger charge is 2.51. The number of ether oxygens (including phenoxy) is 4. The van der Waals surface area contributed by atoms with Gasteiger partial charge in [-0.15, -0.1) is 0 Å². The number of hydrogen-bond acceptors (Lipinski definition) is 7. The van der Waals surface area contributed by atoms with E-state index in [1.165, 1.54) is 0 Å². The molecule has 0 spiro atoms. The van der Waals surface area contributed by atoms with Gasteiger partial charge in [-0.2, -0.15) is 9.37 Å². The quantitative estimate of drug-likeness (QED) is 0.809. The first-order chi connectivity index (χ1) is 10.4. The summed E-state index contributed by atoms with van der Waals surface area (Å²) in [6, 6.07) is 0. The number of carbonyl (C=O) groups excluding carboxylic acids is 1. The molecular formula is C12H14FN3O6. The molecule has 0 radical (unpaired) electrons. The monoisotopic (exact) mass is 315 g/mol. The van der Waals surface area contributed by atoms with Gasteiger partial charge in [0.15, 0.2) is 12.5 Å². The number of nitrogens with zero attached hydrogens (tertiary/aromatic N) is 2. The van der Waals surface area contributed by atoms with Gasteiger partial charge in [-0.25, -0.2) is 9.59 Å². The van der Waals surface area contributed by atoms with Crippen LogP contribution in [-0.4, -0.2) is 40.2 Å². The third-order valence-corrected chi connectivity index (χ3v) is 3.47. The molecule has 9 nitrogen and oxygen atoms in total. The largest absolute Gasteiger partial charge is 0.411 e. The fourth-order valence-corrected chi connectivity index (χ4v) is 2.62. The molecule has 2 N–H and O–H groups in total. The average molecular weight is 315 g/mol. The van der Waals surface area contributed by atoms with Crippen molar-refractivity contribution in [2.24, 2.45) is 5.73 Å². The zero-order chi connectivity index (χ0) is 16.0. The Balaban J connectivity index is 1.94. The number of aromatic nitrogens is 2. The van der Waals surface area contributed by atoms with E-state index in [1.807, 2.05) is 0 Å². The van der Waals surface area contributed by atoms with Crippen molar-refractivity contribution in [1.29, 1.82) is 0 Å². The summed E-state index contributed by atoms with van der Waals surface area (Å²) in [5, 5.41) is 0. The Hall–Kier alpha value is -2.04. The number of amides is 1. The maximum atomic E-state index is 13.9. The Bertz CT molecular complexity index is 665. The van der Waals surface area contributed by atoms with E-state index in [0.29, 0.717) is 0 Å². The van der Waals surface area contributed by atoms with Crippen LogP contribution in [0.3, 0.4) is 0 Å². The molecular weight excluding hydrogens is 301 g/mol. The SMILES string of the molecule is CC1O[C@@H]2[C@H](O1)[C@@H](C)O[C@H]2n1cc(F)c(OC(N)=O)nc1=O. The van der Waals surface area contributed by atoms with Crippen molar-refractivity contribution in [3.8, 4) is 5.88 Å². The predicted octanol–water partition coefficient (Wildman–Crippen LogP) is -0.113. The number of rotatable bonds is 2. The van der Waals surface area contributed by atoms with Crippen LogP contribution in [-0.2, 0) is 14.2 Å². The molecule has 22 heavy (non-hydrogen) atoms. The lowest BCUT2D eigenvalue weighted by molar-refractivity contribution is -0.135. The Morgan fingerprint density at radius 1 is 1.36 bits per heavy atom. The summed E-state index contributed by atoms with van der Waals surface area (Å²) in [5.74, 6) is -1.81. The Labute approximate surface area is 123 Å². The van der Waals surface area contributed by atoms with E-state index < -0.39 is 42.1 Å². The zero-order valence-corrected chi connectivity index (χ0v) is 11.8. The van der Waals surface area contributed by atoms with Gasteiger partial charge < -0.3 is 24.7 Å². The number of hydrogen-bond donors (Lipinski definition) is 1. The van der Waals surface area contributed by atoms with Gasteiger partial charge in [0.25, 0.3) is 5.88 Å². The molecule has 1 aromatic rings. The molecule has 1 unspecified atom stereocenters. The molecule has 1 aromatic heterocycles. The van der Waals surface area contributed by atoms with E-state index in [-0.39, 0.29) is 12.2 Å². The summed E-state index contributed by atoms with van der Waals surface area (Å²) in [6.45, 7) is 3.48. The van der Waals surface area contributed by atoms with Crippen LogP contribution in [0.4, 0.5) is 9.18 Å². The van der Waals surface area contributed by atoms with Crippen LogP contribution in [0.2, 0.25) is 0 Å². The molecule has 120 valence electrons. The molecule has 3 heterocycles. The molecule has 5 atom stereocenters. The first-order valence-corrected chi connectivity index (χ1v) is 6.59. The fourth-order valence-electron chi connectivity index (χ4n) is 2.62. The number of primary amides is 1. The second-order valence-electron chi connectivity index (χ2n) is 5.01. The van der Waals surface area contributed by atoms with Crippen molar-refractivity contribution in [3.05, 3.63) is 22.5 Å². The van der Waals surface area contributed by atoms with E-state index in [2.05, 4.69) is 9.72 Å². The van der Waals surface area contributed by atoms with Crippen molar-refractivity contribution in [2.75, 3.05) is 0 Å². The van der Waals surface area contributed by atoms with Crippen molar-refractivity contribution >= 4 is 6.09 Å². The van der Waals surface area contributed by atoms with Crippen LogP contribution in [0, 0.1) is 5.82 Å². The summed E-state index contributed by atoms with van der Waals surface area (Å²) in [4.78, 5) is 26.0. The van der Waals surface area contributed by atoms with E-state index in [9.17, 15) is 14.0 Å². The van der Waals surface area contributed by atoms with Crippen molar-refractivity contribution in [3.63, 3.8) is 0 Å². The van der Waals surface area contributed by atoms with Crippen molar-refractivity contribution in [1.82, 2.24) is 9.55 Å². The maximum Gasteiger partial charge on any atom is 0.411 e. The molecule has 2 aliphatic rings. The van der Waals surface area contributed by atoms with Gasteiger partial charge >= 0.3 is 11.8 Å². The van der Waals surface area contributed by atoms with Crippen LogP contribution in [0.25, 0.3) is 0 Å². The minimum absolute atomic E-state index is 0.337. The van der Waals surface area contributed by atoms with E-state index in [0.717, 1.165) is 10.8 Å². The van der Waals surface area contributed by atoms with E-state index in [4.69, 9.17) is 19.9 Å². The lowest BCUT2D eigenvalue weighted by atomic mass is 10.1. The van der Waals surface area contributed by atoms with Gasteiger partial charge in [-0.3, -0.25) is 4.57 Å². The van der Waals surface area contributed by atoms with Gasteiger partial charge in [0, 0.05) is 0 Å². The van der Waals surface area contributed by atoms with E-state index in [1.54, 1.807) is 13.8 Å². The average Bonchev–Trinajstić information content (AvgIpc) is 2.93. The van der Waals surface area contributed by atoms with Crippen LogP contribution in [0.1, 0.15) is 20.1 Å². The Morgan fingerprint density at radius 3 is 2.73 bits per heavy atom. The van der Waals surface area contributed by atoms with Gasteiger partial charge in [0.05, 0.1) is 12.3 Å². The highest BCUT2D eigenvalue weighted by molar-refractivity contribution is 5.67. The van der Waals surface area contributed by atoms with Crippen molar-refractivity contribution < 1.29 is 28.1 Å². The molecule has 2 aliphatic heterocycles. The Kier molecular flexibility index (Phi) is 3.59. The van der Waals surface area contributed by atoms with Gasteiger partial charge in [0.1, 0.15) is 12.2 Å². The number of halogens is 1. The molecule has 10 heteroatoms. The fraction of sp³-hybridized carbons (Fsp3) is 0.583. The zero-order valence-electron chi connectivity index (χ0n) is 11.8. The second-order valence-corrected chi connectivity index (χ2v) is 5.01. The maximum absolute atomic E-state index is 13.9. The molecule has 3 rings (SSSR count). The normalized spacial score (nSPS) is 33.7. The molecule has 2 saturated heterocycles. The molecule has 0 bridgehead atoms. The van der Waals surface area contributed by atoms with Gasteiger partial charge in [-0.05, 0) is 13.8 Å². The third kappa shape index (κ3) is 2.45. The standard InChI is InChI=1S/C12H14FN3O6/c1-4-7-8(21-5(2)20-7)10(19-4)16-3-6(13)9(15-12(16)18)22-11(14)17/h3-5,7-8,10H,1-2H3,(H2,14,17)/t4-,5?,7-,8-,10-/m1/s1. The molecule has 1 amide bonds. The van der Waals surface area contributed by atoms with Gasteiger partial charge in [0.2, 0.25) is 5.82 Å². The number of fused-ring (bicyclic) bond motifs is 1. The molecule has 0 aliphatic carbocycles. The molecule has 2 fully saturated rings. The molecule has 0 saturated carbocycles. The lowest BCUT2D eigenvalue weighted by Gasteiger charge is -2.19. The van der Waals surface area contributed by atoms with Crippen LogP contribution < -0.4 is 16.2 Å². The topological polar surface area (TPSA) is 115 Å². The van der Waals surface area contributed by atoms with Gasteiger partial charge in [-0.1, -0.05) is 0 Å². The van der Waals surface area contributed by atoms with Crippen molar-refractivity contribution in [2.45, 2.75) is 44.7 Å². The van der Waals surface area contributed by atoms with E-state index >= 15 is 0 Å². The first-order valence-electron chi connectivity index (χ1n) is 6.59. The summed E-state index contributed by atoms with van der Waals surface area (Å²) >= 11 is 0. The summed E-state index contributed by atoms with van der Waals surface area (Å²) in [6.07, 6.45) is -3.04. The number of nitrogens with two attached hydrogens (primary N) is 1. The summed E-state index contributed by atoms with van der Waals surface area (Å²) < 4.78 is 35.8. The highest BCUT2D eigenvalue weighted by Crippen LogP contribution is 2.38. The molecule has 0 aromatic carbocycles. The minimum Gasteiger partial charge on any atom is -0.388 e. The lowest BCUT2D eigenvalue weighted by Crippen LogP contribution is -2.35. The second kappa shape index (κ2) is 5.30. The first kappa shape index (κ1) is 14.9.